The van der Waals surface area contributed by atoms with Crippen LogP contribution in [0.15, 0.2) is 41.8 Å². The number of ether oxygens (including phenoxy) is 1. The monoisotopic (exact) mass is 376 g/mol. The zero-order valence-electron chi connectivity index (χ0n) is 13.5. The number of methoxy groups -OCH3 is 1. The summed E-state index contributed by atoms with van der Waals surface area (Å²) in [6.07, 6.45) is 0. The third kappa shape index (κ3) is 3.81. The van der Waals surface area contributed by atoms with Crippen LogP contribution in [0.2, 0.25) is 5.02 Å². The molecule has 0 fully saturated rings. The summed E-state index contributed by atoms with van der Waals surface area (Å²) in [5.41, 5.74) is 2.81. The van der Waals surface area contributed by atoms with Crippen molar-refractivity contribution in [3.8, 4) is 17.0 Å². The molecule has 7 heteroatoms. The van der Waals surface area contributed by atoms with E-state index >= 15 is 0 Å². The molecule has 0 atom stereocenters. The molecule has 0 aliphatic carbocycles. The zero-order valence-corrected chi connectivity index (χ0v) is 15.0. The van der Waals surface area contributed by atoms with Gasteiger partial charge in [0.25, 0.3) is 5.91 Å². The molecule has 1 aromatic heterocycles. The first-order valence-corrected chi connectivity index (χ1v) is 8.60. The van der Waals surface area contributed by atoms with Crippen LogP contribution in [0.5, 0.6) is 5.75 Å². The van der Waals surface area contributed by atoms with Crippen LogP contribution in [0.4, 0.5) is 9.52 Å². The van der Waals surface area contributed by atoms with Crippen molar-refractivity contribution in [2.24, 2.45) is 0 Å². The number of carbonyl (C=O) groups excluding carboxylic acids is 1. The molecule has 2 aromatic carbocycles. The fraction of sp³-hybridized carbons (Fsp3) is 0.111. The van der Waals surface area contributed by atoms with Crippen LogP contribution in [-0.2, 0) is 0 Å². The van der Waals surface area contributed by atoms with Gasteiger partial charge in [0.2, 0.25) is 0 Å². The second-order valence-corrected chi connectivity index (χ2v) is 6.59. The first-order valence-electron chi connectivity index (χ1n) is 7.35. The summed E-state index contributed by atoms with van der Waals surface area (Å²) in [5, 5.41) is 4.98. The van der Waals surface area contributed by atoms with Crippen molar-refractivity contribution in [2.45, 2.75) is 6.92 Å². The lowest BCUT2D eigenvalue weighted by atomic mass is 10.1. The maximum Gasteiger partial charge on any atom is 0.258 e. The molecule has 1 N–H and O–H groups in total. The fourth-order valence-corrected chi connectivity index (χ4v) is 3.27. The van der Waals surface area contributed by atoms with Crippen LogP contribution in [-0.4, -0.2) is 18.0 Å². The Kier molecular flexibility index (Phi) is 5.01. The van der Waals surface area contributed by atoms with E-state index in [-0.39, 0.29) is 10.6 Å². The minimum absolute atomic E-state index is 0.0506. The van der Waals surface area contributed by atoms with Crippen LogP contribution >= 0.6 is 22.9 Å². The van der Waals surface area contributed by atoms with Crippen LogP contribution in [0.25, 0.3) is 11.3 Å². The number of nitrogens with one attached hydrogen (secondary N) is 1. The Bertz CT molecular complexity index is 943. The molecule has 0 radical (unpaired) electrons. The van der Waals surface area contributed by atoms with Gasteiger partial charge >= 0.3 is 0 Å². The van der Waals surface area contributed by atoms with E-state index in [9.17, 15) is 9.18 Å². The zero-order chi connectivity index (χ0) is 18.0. The van der Waals surface area contributed by atoms with E-state index in [0.717, 1.165) is 17.2 Å². The Morgan fingerprint density at radius 3 is 2.80 bits per heavy atom. The number of benzene rings is 2. The number of thiazole rings is 1. The van der Waals surface area contributed by atoms with Gasteiger partial charge in [0.05, 0.1) is 23.4 Å². The predicted molar refractivity (Wildman–Crippen MR) is 98.2 cm³/mol. The molecular formula is C18H14ClFN2O2S. The third-order valence-electron chi connectivity index (χ3n) is 3.53. The molecule has 4 nitrogen and oxygen atoms in total. The highest BCUT2D eigenvalue weighted by Gasteiger charge is 2.15. The summed E-state index contributed by atoms with van der Waals surface area (Å²) in [5.74, 6) is -0.234. The summed E-state index contributed by atoms with van der Waals surface area (Å²) >= 11 is 7.20. The first kappa shape index (κ1) is 17.4. The van der Waals surface area contributed by atoms with Gasteiger partial charge in [-0.3, -0.25) is 10.1 Å². The molecule has 0 unspecified atom stereocenters. The number of hydrogen-bond acceptors (Lipinski definition) is 4. The van der Waals surface area contributed by atoms with Gasteiger partial charge in [0.1, 0.15) is 11.6 Å². The molecule has 0 spiro atoms. The summed E-state index contributed by atoms with van der Waals surface area (Å²) < 4.78 is 18.5. The van der Waals surface area contributed by atoms with Gasteiger partial charge in [-0.1, -0.05) is 23.2 Å². The van der Waals surface area contributed by atoms with Gasteiger partial charge in [-0.25, -0.2) is 9.37 Å². The number of hydrogen-bond donors (Lipinski definition) is 1. The first-order chi connectivity index (χ1) is 12.0. The van der Waals surface area contributed by atoms with Crippen molar-refractivity contribution in [1.82, 2.24) is 4.98 Å². The summed E-state index contributed by atoms with van der Waals surface area (Å²) in [6.45, 7) is 1.98. The fourth-order valence-electron chi connectivity index (χ4n) is 2.31. The number of carbonyl (C=O) groups is 1. The SMILES string of the molecule is COc1ccc(C)cc1-c1csc(NC(=O)c2ccc(F)cc2Cl)n1. The number of halogens is 2. The number of aryl methyl sites for hydroxylation is 1. The lowest BCUT2D eigenvalue weighted by Crippen LogP contribution is -2.12. The minimum atomic E-state index is -0.496. The Labute approximate surface area is 153 Å². The maximum absolute atomic E-state index is 13.1. The van der Waals surface area contributed by atoms with Crippen molar-refractivity contribution in [1.29, 1.82) is 0 Å². The Morgan fingerprint density at radius 1 is 1.28 bits per heavy atom. The number of nitrogens with zero attached hydrogens (tertiary/aromatic N) is 1. The van der Waals surface area contributed by atoms with E-state index in [1.54, 1.807) is 7.11 Å². The molecule has 3 rings (SSSR count). The van der Waals surface area contributed by atoms with Gasteiger partial charge in [-0.15, -0.1) is 11.3 Å². The molecule has 0 saturated heterocycles. The number of amides is 1. The number of anilines is 1. The van der Waals surface area contributed by atoms with Crippen molar-refractivity contribution < 1.29 is 13.9 Å². The number of rotatable bonds is 4. The normalized spacial score (nSPS) is 10.6. The highest BCUT2D eigenvalue weighted by atomic mass is 35.5. The molecule has 128 valence electrons. The molecule has 0 saturated carbocycles. The molecule has 25 heavy (non-hydrogen) atoms. The summed E-state index contributed by atoms with van der Waals surface area (Å²) in [6, 6.07) is 9.42. The van der Waals surface area contributed by atoms with Gasteiger partial charge in [0, 0.05) is 10.9 Å². The lowest BCUT2D eigenvalue weighted by Gasteiger charge is -2.07. The van der Waals surface area contributed by atoms with Crippen LogP contribution in [0, 0.1) is 12.7 Å². The van der Waals surface area contributed by atoms with Gasteiger partial charge < -0.3 is 4.74 Å². The molecular weight excluding hydrogens is 363 g/mol. The van der Waals surface area contributed by atoms with E-state index in [0.29, 0.717) is 16.6 Å². The van der Waals surface area contributed by atoms with Crippen molar-refractivity contribution in [3.63, 3.8) is 0 Å². The Hall–Kier alpha value is -2.44. The van der Waals surface area contributed by atoms with Gasteiger partial charge in [0.15, 0.2) is 5.13 Å². The number of aromatic nitrogens is 1. The second kappa shape index (κ2) is 7.21. The highest BCUT2D eigenvalue weighted by molar-refractivity contribution is 7.14. The Morgan fingerprint density at radius 2 is 2.08 bits per heavy atom. The van der Waals surface area contributed by atoms with Gasteiger partial charge in [-0.05, 0) is 37.3 Å². The average molecular weight is 377 g/mol. The predicted octanol–water partition coefficient (Wildman–Crippen LogP) is 5.17. The van der Waals surface area contributed by atoms with E-state index < -0.39 is 11.7 Å². The molecule has 0 bridgehead atoms. The van der Waals surface area contributed by atoms with Crippen molar-refractivity contribution >= 4 is 34.0 Å². The van der Waals surface area contributed by atoms with Crippen molar-refractivity contribution in [2.75, 3.05) is 12.4 Å². The van der Waals surface area contributed by atoms with E-state index in [1.807, 2.05) is 30.5 Å². The molecule has 1 heterocycles. The lowest BCUT2D eigenvalue weighted by molar-refractivity contribution is 0.102. The largest absolute Gasteiger partial charge is 0.496 e. The topological polar surface area (TPSA) is 51.2 Å². The average Bonchev–Trinajstić information content (AvgIpc) is 3.03. The summed E-state index contributed by atoms with van der Waals surface area (Å²) in [4.78, 5) is 16.7. The van der Waals surface area contributed by atoms with Gasteiger partial charge in [-0.2, -0.15) is 0 Å². The third-order valence-corrected chi connectivity index (χ3v) is 4.60. The quantitative estimate of drug-likeness (QED) is 0.683. The van der Waals surface area contributed by atoms with Crippen LogP contribution in [0.3, 0.4) is 0 Å². The summed E-state index contributed by atoms with van der Waals surface area (Å²) in [7, 11) is 1.60. The molecule has 0 aliphatic heterocycles. The Balaban J connectivity index is 1.85. The van der Waals surface area contributed by atoms with Crippen LogP contribution < -0.4 is 10.1 Å². The van der Waals surface area contributed by atoms with E-state index in [4.69, 9.17) is 16.3 Å². The maximum atomic E-state index is 13.1. The standard InChI is InChI=1S/C18H14ClFN2O2S/c1-10-3-6-16(24-2)13(7-10)15-9-25-18(21-15)22-17(23)12-5-4-11(20)8-14(12)19/h3-9H,1-2H3,(H,21,22,23). The van der Waals surface area contributed by atoms with E-state index in [1.165, 1.54) is 23.5 Å². The molecule has 0 aliphatic rings. The molecule has 1 amide bonds. The second-order valence-electron chi connectivity index (χ2n) is 5.32. The van der Waals surface area contributed by atoms with Crippen LogP contribution in [0.1, 0.15) is 15.9 Å². The minimum Gasteiger partial charge on any atom is -0.496 e. The smallest absolute Gasteiger partial charge is 0.258 e. The highest BCUT2D eigenvalue weighted by Crippen LogP contribution is 2.33. The van der Waals surface area contributed by atoms with E-state index in [2.05, 4.69) is 10.3 Å². The van der Waals surface area contributed by atoms with Crippen molar-refractivity contribution in [3.05, 3.63) is 63.7 Å². The molecule has 3 aromatic rings.